The van der Waals surface area contributed by atoms with Crippen LogP contribution < -0.4 is 4.74 Å². The monoisotopic (exact) mass is 293 g/mol. The highest BCUT2D eigenvalue weighted by atomic mass is 16.5. The van der Waals surface area contributed by atoms with Gasteiger partial charge in [-0.15, -0.1) is 6.58 Å². The van der Waals surface area contributed by atoms with Crippen molar-refractivity contribution in [3.8, 4) is 11.5 Å². The first kappa shape index (κ1) is 17.5. The number of hydrogen-bond donors (Lipinski definition) is 2. The number of aliphatic hydroxyl groups is 1. The Hall–Kier alpha value is -1.52. The lowest BCUT2D eigenvalue weighted by Crippen LogP contribution is -2.36. The summed E-state index contributed by atoms with van der Waals surface area (Å²) in [6.45, 7) is 11.0. The van der Waals surface area contributed by atoms with Crippen LogP contribution in [0.2, 0.25) is 0 Å². The molecular weight excluding hydrogens is 266 g/mol. The number of phenols is 1. The fraction of sp³-hybridized carbons (Fsp3) is 0.529. The van der Waals surface area contributed by atoms with Crippen molar-refractivity contribution in [3.05, 3.63) is 35.9 Å². The van der Waals surface area contributed by atoms with Gasteiger partial charge in [0, 0.05) is 24.7 Å². The van der Waals surface area contributed by atoms with E-state index < -0.39 is 0 Å². The largest absolute Gasteiger partial charge is 0.504 e. The molecule has 1 atom stereocenters. The van der Waals surface area contributed by atoms with Crippen LogP contribution in [-0.4, -0.2) is 40.9 Å². The highest BCUT2D eigenvalue weighted by Crippen LogP contribution is 2.32. The number of benzene rings is 1. The second kappa shape index (κ2) is 8.05. The number of allylic oxidation sites excluding steroid dienone is 1. The highest BCUT2D eigenvalue weighted by Gasteiger charge is 2.15. The summed E-state index contributed by atoms with van der Waals surface area (Å²) < 4.78 is 5.24. The van der Waals surface area contributed by atoms with Crippen molar-refractivity contribution in [2.45, 2.75) is 45.9 Å². The van der Waals surface area contributed by atoms with Gasteiger partial charge in [-0.3, -0.25) is 4.90 Å². The van der Waals surface area contributed by atoms with E-state index in [4.69, 9.17) is 4.74 Å². The summed E-state index contributed by atoms with van der Waals surface area (Å²) in [6.07, 6.45) is 1.97. The Morgan fingerprint density at radius 1 is 1.33 bits per heavy atom. The Kier molecular flexibility index (Phi) is 6.72. The van der Waals surface area contributed by atoms with Gasteiger partial charge in [-0.05, 0) is 38.8 Å². The molecule has 21 heavy (non-hydrogen) atoms. The molecule has 0 aromatic heterocycles. The van der Waals surface area contributed by atoms with E-state index in [1.54, 1.807) is 20.1 Å². The van der Waals surface area contributed by atoms with E-state index >= 15 is 0 Å². The first-order valence-electron chi connectivity index (χ1n) is 7.30. The van der Waals surface area contributed by atoms with Gasteiger partial charge in [-0.2, -0.15) is 0 Å². The Morgan fingerprint density at radius 3 is 2.48 bits per heavy atom. The number of phenolic OH excluding ortho intramolecular Hbond substituents is 1. The number of hydrogen-bond acceptors (Lipinski definition) is 4. The molecule has 1 unspecified atom stereocenters. The number of methoxy groups -OCH3 is 1. The summed E-state index contributed by atoms with van der Waals surface area (Å²) >= 11 is 0. The molecule has 0 aliphatic heterocycles. The zero-order valence-electron chi connectivity index (χ0n) is 13.5. The molecule has 4 nitrogen and oxygen atoms in total. The van der Waals surface area contributed by atoms with Crippen molar-refractivity contribution in [2.75, 3.05) is 13.7 Å². The summed E-state index contributed by atoms with van der Waals surface area (Å²) in [5, 5.41) is 19.7. The molecule has 0 saturated carbocycles. The van der Waals surface area contributed by atoms with Crippen LogP contribution in [0.5, 0.6) is 11.5 Å². The van der Waals surface area contributed by atoms with Crippen LogP contribution in [-0.2, 0) is 13.0 Å². The van der Waals surface area contributed by atoms with E-state index in [1.807, 2.05) is 12.1 Å². The molecule has 118 valence electrons. The summed E-state index contributed by atoms with van der Waals surface area (Å²) in [5.74, 6) is 0.651. The Labute approximate surface area is 127 Å². The van der Waals surface area contributed by atoms with Crippen LogP contribution in [0.1, 0.15) is 31.9 Å². The minimum Gasteiger partial charge on any atom is -0.504 e. The summed E-state index contributed by atoms with van der Waals surface area (Å²) in [5.41, 5.74) is 1.86. The van der Waals surface area contributed by atoms with E-state index in [-0.39, 0.29) is 11.9 Å². The van der Waals surface area contributed by atoms with Gasteiger partial charge < -0.3 is 14.9 Å². The maximum atomic E-state index is 10.1. The van der Waals surface area contributed by atoms with Crippen molar-refractivity contribution in [1.29, 1.82) is 0 Å². The molecule has 0 amide bonds. The number of aliphatic hydroxyl groups excluding tert-OH is 1. The van der Waals surface area contributed by atoms with Crippen molar-refractivity contribution < 1.29 is 14.9 Å². The van der Waals surface area contributed by atoms with Gasteiger partial charge in [-0.25, -0.2) is 0 Å². The van der Waals surface area contributed by atoms with E-state index in [0.29, 0.717) is 31.3 Å². The quantitative estimate of drug-likeness (QED) is 0.724. The first-order chi connectivity index (χ1) is 9.88. The number of rotatable bonds is 8. The average Bonchev–Trinajstić information content (AvgIpc) is 2.41. The minimum atomic E-state index is -0.376. The topological polar surface area (TPSA) is 52.9 Å². The van der Waals surface area contributed by atoms with Gasteiger partial charge >= 0.3 is 0 Å². The van der Waals surface area contributed by atoms with Crippen molar-refractivity contribution >= 4 is 0 Å². The molecule has 1 aromatic carbocycles. The second-order valence-corrected chi connectivity index (χ2v) is 5.67. The van der Waals surface area contributed by atoms with Gasteiger partial charge in [0.2, 0.25) is 0 Å². The zero-order chi connectivity index (χ0) is 16.0. The molecule has 0 aliphatic carbocycles. The van der Waals surface area contributed by atoms with Gasteiger partial charge in [0.1, 0.15) is 0 Å². The zero-order valence-corrected chi connectivity index (χ0v) is 13.5. The van der Waals surface area contributed by atoms with E-state index in [0.717, 1.165) is 11.1 Å². The molecular formula is C17H27NO3. The first-order valence-corrected chi connectivity index (χ1v) is 7.30. The summed E-state index contributed by atoms with van der Waals surface area (Å²) in [4.78, 5) is 2.19. The Morgan fingerprint density at radius 2 is 2.00 bits per heavy atom. The maximum Gasteiger partial charge on any atom is 0.161 e. The lowest BCUT2D eigenvalue weighted by molar-refractivity contribution is 0.103. The van der Waals surface area contributed by atoms with Crippen LogP contribution in [0.3, 0.4) is 0 Å². The van der Waals surface area contributed by atoms with Crippen LogP contribution in [0.25, 0.3) is 0 Å². The van der Waals surface area contributed by atoms with Crippen molar-refractivity contribution in [2.24, 2.45) is 0 Å². The van der Waals surface area contributed by atoms with Gasteiger partial charge in [0.15, 0.2) is 11.5 Å². The van der Waals surface area contributed by atoms with E-state index in [9.17, 15) is 10.2 Å². The Balaban J connectivity index is 3.05. The molecule has 0 saturated heterocycles. The molecule has 0 bridgehead atoms. The van der Waals surface area contributed by atoms with E-state index in [1.165, 1.54) is 0 Å². The molecule has 0 heterocycles. The molecule has 0 spiro atoms. The fourth-order valence-corrected chi connectivity index (χ4v) is 2.32. The third-order valence-electron chi connectivity index (χ3n) is 3.41. The third kappa shape index (κ3) is 5.06. The van der Waals surface area contributed by atoms with Crippen molar-refractivity contribution in [3.63, 3.8) is 0 Å². The predicted octanol–water partition coefficient (Wildman–Crippen LogP) is 2.72. The van der Waals surface area contributed by atoms with Gasteiger partial charge in [0.25, 0.3) is 0 Å². The minimum absolute atomic E-state index is 0.174. The van der Waals surface area contributed by atoms with Crippen molar-refractivity contribution in [1.82, 2.24) is 4.90 Å². The molecule has 0 radical (unpaired) electrons. The molecule has 4 heteroatoms. The molecule has 2 N–H and O–H groups in total. The summed E-state index contributed by atoms with van der Waals surface area (Å²) in [6, 6.07) is 4.14. The van der Waals surface area contributed by atoms with Crippen LogP contribution in [0.4, 0.5) is 0 Å². The predicted molar refractivity (Wildman–Crippen MR) is 85.8 cm³/mol. The number of aromatic hydroxyl groups is 1. The smallest absolute Gasteiger partial charge is 0.161 e. The standard InChI is InChI=1S/C17H27NO3/c1-6-7-15-8-14(9-16(21-5)17(15)20)11-18(12(2)3)10-13(4)19/h6,8-9,12-13,19-20H,1,7,10-11H2,2-5H3. The highest BCUT2D eigenvalue weighted by molar-refractivity contribution is 5.49. The summed E-state index contributed by atoms with van der Waals surface area (Å²) in [7, 11) is 1.55. The SMILES string of the molecule is C=CCc1cc(CN(CC(C)O)C(C)C)cc(OC)c1O. The average molecular weight is 293 g/mol. The fourth-order valence-electron chi connectivity index (χ4n) is 2.32. The lowest BCUT2D eigenvalue weighted by Gasteiger charge is -2.28. The van der Waals surface area contributed by atoms with Crippen LogP contribution in [0.15, 0.2) is 24.8 Å². The second-order valence-electron chi connectivity index (χ2n) is 5.67. The van der Waals surface area contributed by atoms with Gasteiger partial charge in [0.05, 0.1) is 13.2 Å². The lowest BCUT2D eigenvalue weighted by atomic mass is 10.0. The normalized spacial score (nSPS) is 12.7. The Bertz CT molecular complexity index is 469. The van der Waals surface area contributed by atoms with Crippen LogP contribution >= 0.6 is 0 Å². The van der Waals surface area contributed by atoms with Gasteiger partial charge in [-0.1, -0.05) is 12.1 Å². The molecule has 1 aromatic rings. The number of ether oxygens (including phenoxy) is 1. The molecule has 0 fully saturated rings. The maximum absolute atomic E-state index is 10.1. The van der Waals surface area contributed by atoms with E-state index in [2.05, 4.69) is 25.3 Å². The van der Waals surface area contributed by atoms with Crippen LogP contribution in [0, 0.1) is 0 Å². The molecule has 1 rings (SSSR count). The number of nitrogens with zero attached hydrogens (tertiary/aromatic N) is 1. The third-order valence-corrected chi connectivity index (χ3v) is 3.41. The molecule has 0 aliphatic rings.